The Kier molecular flexibility index (Phi) is 2.75. The minimum atomic E-state index is -0.141. The predicted molar refractivity (Wildman–Crippen MR) is 53.9 cm³/mol. The molecule has 1 amide bonds. The van der Waals surface area contributed by atoms with Crippen LogP contribution in [0.2, 0.25) is 0 Å². The van der Waals surface area contributed by atoms with Crippen LogP contribution in [0.1, 0.15) is 19.8 Å². The highest BCUT2D eigenvalue weighted by Crippen LogP contribution is 2.29. The highest BCUT2D eigenvalue weighted by atomic mass is 16.6. The Morgan fingerprint density at radius 3 is 3.14 bits per heavy atom. The van der Waals surface area contributed by atoms with Gasteiger partial charge >= 0.3 is 6.09 Å². The summed E-state index contributed by atoms with van der Waals surface area (Å²) < 4.78 is 5.01. The SMILES string of the molecule is CCOC(=O)N1C[C@@H]2C=CC[C@@H](C2)C1. The van der Waals surface area contributed by atoms with Crippen molar-refractivity contribution in [2.24, 2.45) is 11.8 Å². The maximum atomic E-state index is 11.5. The molecule has 2 rings (SSSR count). The number of amides is 1. The number of likely N-dealkylation sites (tertiary alicyclic amines) is 1. The lowest BCUT2D eigenvalue weighted by Crippen LogP contribution is -2.44. The number of carbonyl (C=O) groups is 1. The van der Waals surface area contributed by atoms with E-state index < -0.39 is 0 Å². The van der Waals surface area contributed by atoms with E-state index in [4.69, 9.17) is 4.74 Å². The number of fused-ring (bicyclic) bond motifs is 2. The molecule has 14 heavy (non-hydrogen) atoms. The molecule has 2 aliphatic rings. The van der Waals surface area contributed by atoms with Crippen molar-refractivity contribution in [1.82, 2.24) is 4.90 Å². The first kappa shape index (κ1) is 9.56. The van der Waals surface area contributed by atoms with E-state index in [1.807, 2.05) is 11.8 Å². The van der Waals surface area contributed by atoms with Gasteiger partial charge in [-0.15, -0.1) is 0 Å². The molecule has 2 bridgehead atoms. The van der Waals surface area contributed by atoms with Gasteiger partial charge in [0.05, 0.1) is 6.61 Å². The van der Waals surface area contributed by atoms with Gasteiger partial charge in [-0.25, -0.2) is 4.79 Å². The summed E-state index contributed by atoms with van der Waals surface area (Å²) in [6.07, 6.45) is 6.71. The van der Waals surface area contributed by atoms with Gasteiger partial charge in [0, 0.05) is 13.1 Å². The number of rotatable bonds is 1. The molecule has 1 aliphatic carbocycles. The molecule has 1 saturated heterocycles. The number of nitrogens with zero attached hydrogens (tertiary/aromatic N) is 1. The summed E-state index contributed by atoms with van der Waals surface area (Å²) in [5, 5.41) is 0. The Balaban J connectivity index is 1.96. The monoisotopic (exact) mass is 195 g/mol. The molecule has 0 unspecified atom stereocenters. The second-order valence-electron chi connectivity index (χ2n) is 4.13. The van der Waals surface area contributed by atoms with Gasteiger partial charge < -0.3 is 9.64 Å². The summed E-state index contributed by atoms with van der Waals surface area (Å²) in [6.45, 7) is 4.04. The zero-order valence-corrected chi connectivity index (χ0v) is 8.61. The summed E-state index contributed by atoms with van der Waals surface area (Å²) in [4.78, 5) is 13.4. The molecule has 78 valence electrons. The third-order valence-electron chi connectivity index (χ3n) is 2.97. The van der Waals surface area contributed by atoms with Crippen LogP contribution < -0.4 is 0 Å². The van der Waals surface area contributed by atoms with Crippen molar-refractivity contribution >= 4 is 6.09 Å². The van der Waals surface area contributed by atoms with Gasteiger partial charge in [-0.2, -0.15) is 0 Å². The van der Waals surface area contributed by atoms with Crippen LogP contribution in [-0.2, 0) is 4.74 Å². The maximum absolute atomic E-state index is 11.5. The average molecular weight is 195 g/mol. The van der Waals surface area contributed by atoms with Crippen LogP contribution in [0.15, 0.2) is 12.2 Å². The highest BCUT2D eigenvalue weighted by Gasteiger charge is 2.30. The summed E-state index contributed by atoms with van der Waals surface area (Å²) in [5.74, 6) is 1.22. The number of hydrogen-bond donors (Lipinski definition) is 0. The summed E-state index contributed by atoms with van der Waals surface area (Å²) in [6, 6.07) is 0. The first-order chi connectivity index (χ1) is 6.79. The smallest absolute Gasteiger partial charge is 0.409 e. The van der Waals surface area contributed by atoms with E-state index in [9.17, 15) is 4.79 Å². The van der Waals surface area contributed by atoms with Gasteiger partial charge in [-0.05, 0) is 31.6 Å². The van der Waals surface area contributed by atoms with Crippen LogP contribution in [0.3, 0.4) is 0 Å². The lowest BCUT2D eigenvalue weighted by Gasteiger charge is -2.37. The Labute approximate surface area is 84.7 Å². The third-order valence-corrected chi connectivity index (χ3v) is 2.97. The second kappa shape index (κ2) is 4.03. The quantitative estimate of drug-likeness (QED) is 0.599. The first-order valence-electron chi connectivity index (χ1n) is 5.38. The molecule has 0 spiro atoms. The Morgan fingerprint density at radius 2 is 2.43 bits per heavy atom. The number of ether oxygens (including phenoxy) is 1. The maximum Gasteiger partial charge on any atom is 0.409 e. The Hall–Kier alpha value is -0.990. The van der Waals surface area contributed by atoms with Crippen LogP contribution in [-0.4, -0.2) is 30.7 Å². The van der Waals surface area contributed by atoms with E-state index in [0.29, 0.717) is 18.4 Å². The Bertz CT molecular complexity index is 250. The summed E-state index contributed by atoms with van der Waals surface area (Å²) in [7, 11) is 0. The normalized spacial score (nSPS) is 30.2. The van der Waals surface area contributed by atoms with Gasteiger partial charge in [0.15, 0.2) is 0 Å². The molecule has 0 aromatic heterocycles. The molecule has 1 aliphatic heterocycles. The highest BCUT2D eigenvalue weighted by molar-refractivity contribution is 5.67. The largest absolute Gasteiger partial charge is 0.450 e. The van der Waals surface area contributed by atoms with Crippen molar-refractivity contribution in [3.8, 4) is 0 Å². The topological polar surface area (TPSA) is 29.5 Å². The van der Waals surface area contributed by atoms with Crippen LogP contribution in [0.4, 0.5) is 4.79 Å². The number of allylic oxidation sites excluding steroid dienone is 1. The lowest BCUT2D eigenvalue weighted by molar-refractivity contribution is 0.0773. The molecular formula is C11H17NO2. The molecule has 0 aromatic carbocycles. The summed E-state index contributed by atoms with van der Waals surface area (Å²) >= 11 is 0. The van der Waals surface area contributed by atoms with E-state index in [1.165, 1.54) is 6.42 Å². The molecule has 3 heteroatoms. The van der Waals surface area contributed by atoms with Crippen molar-refractivity contribution < 1.29 is 9.53 Å². The minimum absolute atomic E-state index is 0.141. The first-order valence-corrected chi connectivity index (χ1v) is 5.38. The molecule has 3 nitrogen and oxygen atoms in total. The van der Waals surface area contributed by atoms with E-state index in [0.717, 1.165) is 19.5 Å². The number of piperidine rings is 1. The zero-order chi connectivity index (χ0) is 9.97. The minimum Gasteiger partial charge on any atom is -0.450 e. The van der Waals surface area contributed by atoms with Crippen molar-refractivity contribution in [2.45, 2.75) is 19.8 Å². The fraction of sp³-hybridized carbons (Fsp3) is 0.727. The second-order valence-corrected chi connectivity index (χ2v) is 4.13. The Morgan fingerprint density at radius 1 is 1.57 bits per heavy atom. The third kappa shape index (κ3) is 1.91. The van der Waals surface area contributed by atoms with Crippen LogP contribution in [0, 0.1) is 11.8 Å². The molecule has 2 atom stereocenters. The fourth-order valence-corrected chi connectivity index (χ4v) is 2.38. The molecule has 0 N–H and O–H groups in total. The predicted octanol–water partition coefficient (Wildman–Crippen LogP) is 2.04. The van der Waals surface area contributed by atoms with Crippen LogP contribution in [0.5, 0.6) is 0 Å². The molecular weight excluding hydrogens is 178 g/mol. The molecule has 0 radical (unpaired) electrons. The van der Waals surface area contributed by atoms with E-state index in [2.05, 4.69) is 12.2 Å². The van der Waals surface area contributed by atoms with Gasteiger partial charge in [0.25, 0.3) is 0 Å². The van der Waals surface area contributed by atoms with Crippen molar-refractivity contribution in [3.63, 3.8) is 0 Å². The van der Waals surface area contributed by atoms with Gasteiger partial charge in [-0.1, -0.05) is 12.2 Å². The van der Waals surface area contributed by atoms with Crippen molar-refractivity contribution in [1.29, 1.82) is 0 Å². The van der Waals surface area contributed by atoms with Crippen molar-refractivity contribution in [2.75, 3.05) is 19.7 Å². The molecule has 1 fully saturated rings. The van der Waals surface area contributed by atoms with Crippen LogP contribution in [0.25, 0.3) is 0 Å². The van der Waals surface area contributed by atoms with E-state index in [1.54, 1.807) is 0 Å². The van der Waals surface area contributed by atoms with Crippen LogP contribution >= 0.6 is 0 Å². The fourth-order valence-electron chi connectivity index (χ4n) is 2.38. The number of carbonyl (C=O) groups excluding carboxylic acids is 1. The standard InChI is InChI=1S/C11H17NO2/c1-2-14-11(13)12-7-9-4-3-5-10(6-9)8-12/h3-4,9-10H,2,5-8H2,1H3/t9-,10+/m1/s1. The molecule has 0 aromatic rings. The van der Waals surface area contributed by atoms with Gasteiger partial charge in [0.1, 0.15) is 0 Å². The van der Waals surface area contributed by atoms with Crippen molar-refractivity contribution in [3.05, 3.63) is 12.2 Å². The summed E-state index contributed by atoms with van der Waals surface area (Å²) in [5.41, 5.74) is 0. The van der Waals surface area contributed by atoms with E-state index >= 15 is 0 Å². The van der Waals surface area contributed by atoms with E-state index in [-0.39, 0.29) is 6.09 Å². The average Bonchev–Trinajstić information content (AvgIpc) is 2.17. The molecule has 0 saturated carbocycles. The van der Waals surface area contributed by atoms with Gasteiger partial charge in [0.2, 0.25) is 0 Å². The number of hydrogen-bond acceptors (Lipinski definition) is 2. The lowest BCUT2D eigenvalue weighted by atomic mass is 9.83. The van der Waals surface area contributed by atoms with Gasteiger partial charge in [-0.3, -0.25) is 0 Å². The molecule has 1 heterocycles. The zero-order valence-electron chi connectivity index (χ0n) is 8.61.